The minimum absolute atomic E-state index is 0.517. The molecule has 2 heteroatoms. The molecule has 0 unspecified atom stereocenters. The molecule has 0 saturated heterocycles. The molecule has 0 amide bonds. The van der Waals surface area contributed by atoms with Crippen molar-refractivity contribution in [3.05, 3.63) is 53.6 Å². The van der Waals surface area contributed by atoms with Crippen LogP contribution in [0.2, 0.25) is 0 Å². The summed E-state index contributed by atoms with van der Waals surface area (Å²) < 4.78 is 0. The molecular weight excluding hydrogens is 256 g/mol. The van der Waals surface area contributed by atoms with E-state index in [4.69, 9.17) is 5.73 Å². The molecule has 0 heterocycles. The largest absolute Gasteiger partial charge is 0.397 e. The highest BCUT2D eigenvalue weighted by atomic mass is 15.1. The molecule has 0 bridgehead atoms. The lowest BCUT2D eigenvalue weighted by atomic mass is 9.90. The Morgan fingerprint density at radius 3 is 2.05 bits per heavy atom. The van der Waals surface area contributed by atoms with Crippen molar-refractivity contribution in [2.45, 2.75) is 39.5 Å². The molecule has 0 aromatic heterocycles. The summed E-state index contributed by atoms with van der Waals surface area (Å²) in [6.07, 6.45) is 0. The average Bonchev–Trinajstić information content (AvgIpc) is 2.46. The van der Waals surface area contributed by atoms with Gasteiger partial charge in [0.1, 0.15) is 0 Å². The number of nitrogen functional groups attached to an aromatic ring is 1. The number of anilines is 3. The topological polar surface area (TPSA) is 29.3 Å². The van der Waals surface area contributed by atoms with Crippen LogP contribution < -0.4 is 10.6 Å². The first-order valence-corrected chi connectivity index (χ1v) is 7.64. The smallest absolute Gasteiger partial charge is 0.0641 e. The van der Waals surface area contributed by atoms with E-state index >= 15 is 0 Å². The molecule has 2 aromatic rings. The van der Waals surface area contributed by atoms with E-state index < -0.39 is 0 Å². The molecule has 0 radical (unpaired) electrons. The van der Waals surface area contributed by atoms with Gasteiger partial charge in [-0.15, -0.1) is 0 Å². The Morgan fingerprint density at radius 2 is 1.48 bits per heavy atom. The highest BCUT2D eigenvalue weighted by molar-refractivity contribution is 5.74. The van der Waals surface area contributed by atoms with Crippen molar-refractivity contribution >= 4 is 17.1 Å². The Morgan fingerprint density at radius 1 is 0.857 bits per heavy atom. The summed E-state index contributed by atoms with van der Waals surface area (Å²) in [5.74, 6) is 1.06. The van der Waals surface area contributed by atoms with Crippen LogP contribution in [0.5, 0.6) is 0 Å². The van der Waals surface area contributed by atoms with Gasteiger partial charge in [0, 0.05) is 12.7 Å². The molecule has 2 aromatic carbocycles. The number of para-hydroxylation sites is 2. The summed E-state index contributed by atoms with van der Waals surface area (Å²) in [7, 11) is 2.07. The zero-order valence-corrected chi connectivity index (χ0v) is 13.7. The van der Waals surface area contributed by atoms with Gasteiger partial charge in [-0.1, -0.05) is 45.9 Å². The van der Waals surface area contributed by atoms with E-state index in [0.717, 1.165) is 11.4 Å². The lowest BCUT2D eigenvalue weighted by Crippen LogP contribution is -2.12. The van der Waals surface area contributed by atoms with Crippen LogP contribution >= 0.6 is 0 Å². The van der Waals surface area contributed by atoms with Crippen LogP contribution in [0.25, 0.3) is 0 Å². The maximum Gasteiger partial charge on any atom is 0.0641 e. The minimum atomic E-state index is 0.517. The van der Waals surface area contributed by atoms with Crippen LogP contribution in [0.15, 0.2) is 42.5 Å². The summed E-state index contributed by atoms with van der Waals surface area (Å²) in [6, 6.07) is 14.7. The predicted molar refractivity (Wildman–Crippen MR) is 93.5 cm³/mol. The van der Waals surface area contributed by atoms with Gasteiger partial charge in [-0.2, -0.15) is 0 Å². The zero-order valence-electron chi connectivity index (χ0n) is 13.7. The van der Waals surface area contributed by atoms with Crippen molar-refractivity contribution in [3.63, 3.8) is 0 Å². The number of nitrogens with two attached hydrogens (primary N) is 1. The van der Waals surface area contributed by atoms with E-state index in [1.807, 2.05) is 18.2 Å². The van der Waals surface area contributed by atoms with Gasteiger partial charge in [0.05, 0.1) is 11.4 Å². The van der Waals surface area contributed by atoms with Crippen LogP contribution in [0, 0.1) is 0 Å². The molecule has 0 atom stereocenters. The fourth-order valence-corrected chi connectivity index (χ4v) is 2.73. The van der Waals surface area contributed by atoms with Crippen LogP contribution in [0.1, 0.15) is 50.7 Å². The van der Waals surface area contributed by atoms with E-state index in [1.54, 1.807) is 0 Å². The lowest BCUT2D eigenvalue weighted by molar-refractivity contribution is 0.790. The third kappa shape index (κ3) is 3.21. The molecule has 0 aliphatic rings. The van der Waals surface area contributed by atoms with E-state index in [1.165, 1.54) is 16.8 Å². The third-order valence-corrected chi connectivity index (χ3v) is 4.00. The summed E-state index contributed by atoms with van der Waals surface area (Å²) >= 11 is 0. The first-order chi connectivity index (χ1) is 9.91. The Kier molecular flexibility index (Phi) is 4.56. The number of hydrogen-bond acceptors (Lipinski definition) is 2. The fraction of sp³-hybridized carbons (Fsp3) is 0.368. The van der Waals surface area contributed by atoms with Crippen molar-refractivity contribution < 1.29 is 0 Å². The summed E-state index contributed by atoms with van der Waals surface area (Å²) in [4.78, 5) is 2.16. The Bertz CT molecular complexity index is 615. The predicted octanol–water partition coefficient (Wildman–Crippen LogP) is 5.28. The first-order valence-electron chi connectivity index (χ1n) is 7.64. The molecule has 2 nitrogen and oxygen atoms in total. The second kappa shape index (κ2) is 6.21. The fourth-order valence-electron chi connectivity index (χ4n) is 2.73. The number of benzene rings is 2. The van der Waals surface area contributed by atoms with Gasteiger partial charge in [-0.3, -0.25) is 0 Å². The summed E-state index contributed by atoms with van der Waals surface area (Å²) in [5.41, 5.74) is 12.0. The molecule has 0 spiro atoms. The molecule has 112 valence electrons. The van der Waals surface area contributed by atoms with E-state index in [-0.39, 0.29) is 0 Å². The van der Waals surface area contributed by atoms with E-state index in [9.17, 15) is 0 Å². The van der Waals surface area contributed by atoms with E-state index in [0.29, 0.717) is 11.8 Å². The maximum atomic E-state index is 6.09. The summed E-state index contributed by atoms with van der Waals surface area (Å²) in [6.45, 7) is 9.00. The van der Waals surface area contributed by atoms with Gasteiger partial charge in [0.25, 0.3) is 0 Å². The van der Waals surface area contributed by atoms with Gasteiger partial charge >= 0.3 is 0 Å². The molecular formula is C19H26N2. The molecule has 2 rings (SSSR count). The number of hydrogen-bond donors (Lipinski definition) is 1. The quantitative estimate of drug-likeness (QED) is 0.773. The highest BCUT2D eigenvalue weighted by Gasteiger charge is 2.13. The van der Waals surface area contributed by atoms with Crippen molar-refractivity contribution in [1.29, 1.82) is 0 Å². The Hall–Kier alpha value is -1.96. The van der Waals surface area contributed by atoms with Crippen LogP contribution in [-0.2, 0) is 0 Å². The second-order valence-corrected chi connectivity index (χ2v) is 6.24. The summed E-state index contributed by atoms with van der Waals surface area (Å²) in [5, 5.41) is 0. The second-order valence-electron chi connectivity index (χ2n) is 6.24. The average molecular weight is 282 g/mol. The van der Waals surface area contributed by atoms with Crippen molar-refractivity contribution in [2.75, 3.05) is 17.7 Å². The standard InChI is InChI=1S/C19H26N2/c1-13(2)16-11-10-15(12-17(16)14(3)4)21(5)19-9-7-6-8-18(19)20/h6-14H,20H2,1-5H3. The van der Waals surface area contributed by atoms with Crippen LogP contribution in [0.3, 0.4) is 0 Å². The normalized spacial score (nSPS) is 11.2. The Balaban J connectivity index is 2.45. The monoisotopic (exact) mass is 282 g/mol. The third-order valence-electron chi connectivity index (χ3n) is 4.00. The van der Waals surface area contributed by atoms with Crippen molar-refractivity contribution in [3.8, 4) is 0 Å². The van der Waals surface area contributed by atoms with Gasteiger partial charge in [-0.05, 0) is 47.2 Å². The lowest BCUT2D eigenvalue weighted by Gasteiger charge is -2.24. The van der Waals surface area contributed by atoms with E-state index in [2.05, 4.69) is 63.9 Å². The molecule has 0 aliphatic carbocycles. The van der Waals surface area contributed by atoms with Gasteiger partial charge in [-0.25, -0.2) is 0 Å². The van der Waals surface area contributed by atoms with Crippen molar-refractivity contribution in [1.82, 2.24) is 0 Å². The molecule has 21 heavy (non-hydrogen) atoms. The minimum Gasteiger partial charge on any atom is -0.397 e. The molecule has 0 aliphatic heterocycles. The first kappa shape index (κ1) is 15.4. The van der Waals surface area contributed by atoms with Crippen LogP contribution in [0.4, 0.5) is 17.1 Å². The number of rotatable bonds is 4. The molecule has 0 saturated carbocycles. The van der Waals surface area contributed by atoms with Gasteiger partial charge in [0.2, 0.25) is 0 Å². The van der Waals surface area contributed by atoms with Gasteiger partial charge < -0.3 is 10.6 Å². The van der Waals surface area contributed by atoms with Crippen LogP contribution in [-0.4, -0.2) is 7.05 Å². The number of nitrogens with zero attached hydrogens (tertiary/aromatic N) is 1. The molecule has 2 N–H and O–H groups in total. The highest BCUT2D eigenvalue weighted by Crippen LogP contribution is 2.34. The molecule has 0 fully saturated rings. The Labute approximate surface area is 128 Å². The van der Waals surface area contributed by atoms with Gasteiger partial charge in [0.15, 0.2) is 0 Å². The maximum absolute atomic E-state index is 6.09. The SMILES string of the molecule is CC(C)c1ccc(N(C)c2ccccc2N)cc1C(C)C. The van der Waals surface area contributed by atoms with Crippen molar-refractivity contribution in [2.24, 2.45) is 0 Å². The zero-order chi connectivity index (χ0) is 15.6.